The minimum Gasteiger partial charge on any atom is -0.0651 e. The summed E-state index contributed by atoms with van der Waals surface area (Å²) in [4.78, 5) is 0. The molecule has 1 fully saturated rings. The fourth-order valence-corrected chi connectivity index (χ4v) is 3.51. The van der Waals surface area contributed by atoms with Gasteiger partial charge in [0.05, 0.1) is 0 Å². The maximum atomic E-state index is 2.50. The highest BCUT2D eigenvalue weighted by molar-refractivity contribution is 5.00. The van der Waals surface area contributed by atoms with E-state index >= 15 is 0 Å². The minimum absolute atomic E-state index is 0.702. The Hall–Kier alpha value is 0. The second-order valence-corrected chi connectivity index (χ2v) is 6.59. The van der Waals surface area contributed by atoms with Crippen LogP contribution in [0.5, 0.6) is 0 Å². The Labute approximate surface area is 103 Å². The maximum Gasteiger partial charge on any atom is -0.0294 e. The summed E-state index contributed by atoms with van der Waals surface area (Å²) in [5.41, 5.74) is 0.702. The molecule has 0 spiro atoms. The van der Waals surface area contributed by atoms with Gasteiger partial charge in [-0.1, -0.05) is 60.8 Å². The Morgan fingerprint density at radius 3 is 2.12 bits per heavy atom. The van der Waals surface area contributed by atoms with Gasteiger partial charge in [0.1, 0.15) is 0 Å². The van der Waals surface area contributed by atoms with Crippen LogP contribution in [0, 0.1) is 29.1 Å². The lowest BCUT2D eigenvalue weighted by Gasteiger charge is -2.26. The molecule has 0 radical (unpaired) electrons. The van der Waals surface area contributed by atoms with Crippen molar-refractivity contribution in [3.05, 3.63) is 0 Å². The Morgan fingerprint density at radius 1 is 1.12 bits per heavy atom. The fraction of sp³-hybridized carbons (Fsp3) is 1.00. The van der Waals surface area contributed by atoms with E-state index in [1.54, 1.807) is 0 Å². The smallest absolute Gasteiger partial charge is 0.0294 e. The molecular weight excluding hydrogens is 192 g/mol. The van der Waals surface area contributed by atoms with Gasteiger partial charge >= 0.3 is 0 Å². The molecule has 5 unspecified atom stereocenters. The molecule has 16 heavy (non-hydrogen) atoms. The normalized spacial score (nSPS) is 34.5. The van der Waals surface area contributed by atoms with Crippen LogP contribution in [0.3, 0.4) is 0 Å². The lowest BCUT2D eigenvalue weighted by atomic mass is 9.80. The first kappa shape index (κ1) is 14.1. The van der Waals surface area contributed by atoms with Gasteiger partial charge in [0.25, 0.3) is 0 Å². The Bertz CT molecular complexity index is 208. The van der Waals surface area contributed by atoms with Gasteiger partial charge in [-0.15, -0.1) is 0 Å². The van der Waals surface area contributed by atoms with Crippen molar-refractivity contribution in [2.75, 3.05) is 0 Å². The second-order valence-electron chi connectivity index (χ2n) is 6.59. The SMILES string of the molecule is CCC(C)C(CC)CC(C)C1CC1(C)CC. The average Bonchev–Trinajstić information content (AvgIpc) is 2.98. The zero-order chi connectivity index (χ0) is 12.3. The van der Waals surface area contributed by atoms with Crippen molar-refractivity contribution < 1.29 is 0 Å². The van der Waals surface area contributed by atoms with Crippen molar-refractivity contribution in [2.24, 2.45) is 29.1 Å². The summed E-state index contributed by atoms with van der Waals surface area (Å²) in [7, 11) is 0. The monoisotopic (exact) mass is 224 g/mol. The summed E-state index contributed by atoms with van der Waals surface area (Å²) in [6, 6.07) is 0. The molecule has 0 bridgehead atoms. The molecular formula is C16H32. The van der Waals surface area contributed by atoms with Gasteiger partial charge in [-0.05, 0) is 41.9 Å². The third-order valence-corrected chi connectivity index (χ3v) is 5.56. The highest BCUT2D eigenvalue weighted by Crippen LogP contribution is 2.59. The maximum absolute atomic E-state index is 2.50. The van der Waals surface area contributed by atoms with E-state index in [2.05, 4.69) is 41.5 Å². The van der Waals surface area contributed by atoms with Crippen LogP contribution in [0.25, 0.3) is 0 Å². The molecule has 0 aromatic carbocycles. The summed E-state index contributed by atoms with van der Waals surface area (Å²) in [5.74, 6) is 3.85. The molecule has 0 aromatic heterocycles. The summed E-state index contributed by atoms with van der Waals surface area (Å²) >= 11 is 0. The van der Waals surface area contributed by atoms with E-state index in [1.807, 2.05) is 0 Å². The van der Waals surface area contributed by atoms with E-state index in [4.69, 9.17) is 0 Å². The second kappa shape index (κ2) is 5.56. The third-order valence-electron chi connectivity index (χ3n) is 5.56. The van der Waals surface area contributed by atoms with Gasteiger partial charge in [0.15, 0.2) is 0 Å². The first-order valence-electron chi connectivity index (χ1n) is 7.48. The molecule has 0 heteroatoms. The Kier molecular flexibility index (Phi) is 4.88. The average molecular weight is 224 g/mol. The topological polar surface area (TPSA) is 0 Å². The van der Waals surface area contributed by atoms with Crippen LogP contribution in [0.1, 0.15) is 73.6 Å². The summed E-state index contributed by atoms with van der Waals surface area (Å²) < 4.78 is 0. The van der Waals surface area contributed by atoms with Crippen LogP contribution in [-0.4, -0.2) is 0 Å². The van der Waals surface area contributed by atoms with Gasteiger partial charge in [-0.2, -0.15) is 0 Å². The molecule has 0 aliphatic heterocycles. The van der Waals surface area contributed by atoms with E-state index in [0.29, 0.717) is 5.41 Å². The number of hydrogen-bond donors (Lipinski definition) is 0. The molecule has 0 N–H and O–H groups in total. The van der Waals surface area contributed by atoms with E-state index in [1.165, 1.54) is 32.1 Å². The quantitative estimate of drug-likeness (QED) is 0.534. The fourth-order valence-electron chi connectivity index (χ4n) is 3.51. The molecule has 96 valence electrons. The van der Waals surface area contributed by atoms with Crippen LogP contribution in [0.2, 0.25) is 0 Å². The predicted molar refractivity (Wildman–Crippen MR) is 73.5 cm³/mol. The largest absolute Gasteiger partial charge is 0.0651 e. The first-order chi connectivity index (χ1) is 7.48. The van der Waals surface area contributed by atoms with Crippen LogP contribution < -0.4 is 0 Å². The van der Waals surface area contributed by atoms with Crippen molar-refractivity contribution in [3.8, 4) is 0 Å². The molecule has 1 saturated carbocycles. The Balaban J connectivity index is 2.42. The molecule has 1 aliphatic carbocycles. The van der Waals surface area contributed by atoms with Crippen molar-refractivity contribution in [3.63, 3.8) is 0 Å². The van der Waals surface area contributed by atoms with Crippen LogP contribution in [-0.2, 0) is 0 Å². The molecule has 0 saturated heterocycles. The number of rotatable bonds is 7. The van der Waals surface area contributed by atoms with Crippen molar-refractivity contribution in [1.82, 2.24) is 0 Å². The molecule has 1 aliphatic rings. The Morgan fingerprint density at radius 2 is 1.75 bits per heavy atom. The van der Waals surface area contributed by atoms with E-state index < -0.39 is 0 Å². The molecule has 1 rings (SSSR count). The standard InChI is InChI=1S/C16H32/c1-7-12(4)14(8-2)10-13(5)15-11-16(15,6)9-3/h12-15H,7-11H2,1-6H3. The molecule has 0 aromatic rings. The highest BCUT2D eigenvalue weighted by atomic mass is 14.6. The van der Waals surface area contributed by atoms with Crippen molar-refractivity contribution in [2.45, 2.75) is 73.6 Å². The van der Waals surface area contributed by atoms with Gasteiger partial charge < -0.3 is 0 Å². The first-order valence-corrected chi connectivity index (χ1v) is 7.48. The van der Waals surface area contributed by atoms with E-state index in [-0.39, 0.29) is 0 Å². The number of hydrogen-bond acceptors (Lipinski definition) is 0. The van der Waals surface area contributed by atoms with Crippen molar-refractivity contribution >= 4 is 0 Å². The van der Waals surface area contributed by atoms with Gasteiger partial charge in [-0.3, -0.25) is 0 Å². The third kappa shape index (κ3) is 3.02. The zero-order valence-electron chi connectivity index (χ0n) is 12.3. The molecule has 0 nitrogen and oxygen atoms in total. The van der Waals surface area contributed by atoms with Gasteiger partial charge in [0, 0.05) is 0 Å². The van der Waals surface area contributed by atoms with Crippen LogP contribution >= 0.6 is 0 Å². The van der Waals surface area contributed by atoms with Crippen molar-refractivity contribution in [1.29, 1.82) is 0 Å². The van der Waals surface area contributed by atoms with Crippen LogP contribution in [0.4, 0.5) is 0 Å². The van der Waals surface area contributed by atoms with Gasteiger partial charge in [-0.25, -0.2) is 0 Å². The summed E-state index contributed by atoms with van der Waals surface area (Å²) in [6.45, 7) is 14.5. The molecule has 0 amide bonds. The van der Waals surface area contributed by atoms with Crippen LogP contribution in [0.15, 0.2) is 0 Å². The lowest BCUT2D eigenvalue weighted by molar-refractivity contribution is 0.246. The predicted octanol–water partition coefficient (Wildman–Crippen LogP) is 5.52. The van der Waals surface area contributed by atoms with E-state index in [9.17, 15) is 0 Å². The summed E-state index contributed by atoms with van der Waals surface area (Å²) in [6.07, 6.45) is 7.05. The molecule has 0 heterocycles. The van der Waals surface area contributed by atoms with E-state index in [0.717, 1.165) is 23.7 Å². The minimum atomic E-state index is 0.702. The lowest BCUT2D eigenvalue weighted by Crippen LogP contribution is -2.16. The zero-order valence-corrected chi connectivity index (χ0v) is 12.3. The molecule has 5 atom stereocenters. The summed E-state index contributed by atoms with van der Waals surface area (Å²) in [5, 5.41) is 0. The van der Waals surface area contributed by atoms with Gasteiger partial charge in [0.2, 0.25) is 0 Å². The highest BCUT2D eigenvalue weighted by Gasteiger charge is 2.50.